The largest absolute Gasteiger partial charge is 0.493 e. The number of methoxy groups -OCH3 is 3. The summed E-state index contributed by atoms with van der Waals surface area (Å²) in [6, 6.07) is 3.59. The Bertz CT molecular complexity index is 1370. The van der Waals surface area contributed by atoms with E-state index in [1.54, 1.807) is 49.1 Å². The summed E-state index contributed by atoms with van der Waals surface area (Å²) in [4.78, 5) is 30.8. The van der Waals surface area contributed by atoms with Gasteiger partial charge in [0.1, 0.15) is 5.82 Å². The van der Waals surface area contributed by atoms with Gasteiger partial charge in [0.25, 0.3) is 5.56 Å². The zero-order chi connectivity index (χ0) is 24.8. The second-order valence-corrected chi connectivity index (χ2v) is 7.22. The molecule has 2 heterocycles. The Morgan fingerprint density at radius 1 is 0.824 bits per heavy atom. The Morgan fingerprint density at radius 3 is 1.91 bits per heavy atom. The van der Waals surface area contributed by atoms with E-state index in [0.717, 1.165) is 10.1 Å². The normalized spacial score (nSPS) is 11.0. The van der Waals surface area contributed by atoms with Crippen LogP contribution in [0, 0.1) is 0 Å². The van der Waals surface area contributed by atoms with Crippen LogP contribution in [0.2, 0.25) is 0 Å². The first-order chi connectivity index (χ1) is 16.4. The van der Waals surface area contributed by atoms with E-state index in [1.807, 2.05) is 6.08 Å². The van der Waals surface area contributed by atoms with E-state index in [9.17, 15) is 9.59 Å². The molecule has 0 fully saturated rings. The van der Waals surface area contributed by atoms with Crippen LogP contribution < -0.4 is 25.5 Å². The van der Waals surface area contributed by atoms with E-state index in [1.165, 1.54) is 17.8 Å². The zero-order valence-corrected chi connectivity index (χ0v) is 19.6. The second-order valence-electron chi connectivity index (χ2n) is 7.22. The van der Waals surface area contributed by atoms with Gasteiger partial charge in [0, 0.05) is 19.6 Å². The molecule has 0 saturated heterocycles. The lowest BCUT2D eigenvalue weighted by Gasteiger charge is -2.12. The average Bonchev–Trinajstić information content (AvgIpc) is 3.20. The maximum Gasteiger partial charge on any atom is 0.333 e. The smallest absolute Gasteiger partial charge is 0.333 e. The average molecular weight is 465 g/mol. The molecule has 0 unspecified atom stereocenters. The van der Waals surface area contributed by atoms with E-state index in [-0.39, 0.29) is 18.7 Å². The molecule has 0 aliphatic carbocycles. The molecule has 1 aromatic carbocycles. The lowest BCUT2D eigenvalue weighted by Crippen LogP contribution is -2.40. The Hall–Kier alpha value is -4.27. The van der Waals surface area contributed by atoms with Gasteiger partial charge in [0.2, 0.25) is 5.75 Å². The van der Waals surface area contributed by atoms with Gasteiger partial charge in [0.15, 0.2) is 22.7 Å². The van der Waals surface area contributed by atoms with Gasteiger partial charge >= 0.3 is 5.69 Å². The van der Waals surface area contributed by atoms with Crippen molar-refractivity contribution >= 4 is 23.3 Å². The van der Waals surface area contributed by atoms with Gasteiger partial charge in [0.05, 0.1) is 21.3 Å². The predicted molar refractivity (Wildman–Crippen MR) is 134 cm³/mol. The topological polar surface area (TPSA) is 89.5 Å². The number of hydrogen-bond acceptors (Lipinski definition) is 6. The van der Waals surface area contributed by atoms with Gasteiger partial charge in [-0.05, 0) is 23.8 Å². The number of fused-ring (bicyclic) bond motifs is 1. The number of nitrogens with zero attached hydrogens (tertiary/aromatic N) is 4. The highest BCUT2D eigenvalue weighted by Crippen LogP contribution is 2.38. The number of imidazole rings is 1. The van der Waals surface area contributed by atoms with E-state index in [2.05, 4.69) is 24.7 Å². The molecule has 0 atom stereocenters. The van der Waals surface area contributed by atoms with Crippen molar-refractivity contribution in [3.05, 3.63) is 82.3 Å². The maximum absolute atomic E-state index is 13.2. The fourth-order valence-corrected chi connectivity index (χ4v) is 3.70. The molecule has 0 bridgehead atoms. The Balaban J connectivity index is 2.27. The van der Waals surface area contributed by atoms with Gasteiger partial charge in [-0.15, -0.1) is 19.7 Å². The minimum Gasteiger partial charge on any atom is -0.493 e. The first kappa shape index (κ1) is 24.4. The molecule has 0 radical (unpaired) electrons. The van der Waals surface area contributed by atoms with Crippen molar-refractivity contribution in [2.75, 3.05) is 21.3 Å². The molecular formula is C25H28N4O5. The van der Waals surface area contributed by atoms with Crippen LogP contribution in [0.1, 0.15) is 11.4 Å². The van der Waals surface area contributed by atoms with Crippen molar-refractivity contribution in [3.8, 4) is 17.2 Å². The maximum atomic E-state index is 13.2. The highest BCUT2D eigenvalue weighted by atomic mass is 16.5. The predicted octanol–water partition coefficient (Wildman–Crippen LogP) is 3.11. The lowest BCUT2D eigenvalue weighted by molar-refractivity contribution is 0.324. The van der Waals surface area contributed by atoms with Crippen molar-refractivity contribution in [1.82, 2.24) is 18.7 Å². The van der Waals surface area contributed by atoms with E-state index in [0.29, 0.717) is 35.1 Å². The molecule has 34 heavy (non-hydrogen) atoms. The van der Waals surface area contributed by atoms with Crippen LogP contribution in [0.15, 0.2) is 59.7 Å². The standard InChI is InChI=1S/C25H28N4O5/c1-7-12-27-20(11-10-17-15-18(32-4)22(34-6)19(16-17)33-5)26-23-21(27)24(30)29(14-9-3)25(31)28(23)13-8-2/h7-11,15-16H,1-3,12-14H2,4-6H3/b11-10+. The fraction of sp³-hybridized carbons (Fsp3) is 0.240. The molecule has 0 N–H and O–H groups in total. The monoisotopic (exact) mass is 464 g/mol. The molecule has 178 valence electrons. The highest BCUT2D eigenvalue weighted by molar-refractivity contribution is 5.77. The van der Waals surface area contributed by atoms with E-state index < -0.39 is 11.2 Å². The minimum absolute atomic E-state index is 0.0840. The van der Waals surface area contributed by atoms with Gasteiger partial charge in [-0.25, -0.2) is 9.78 Å². The molecule has 9 heteroatoms. The van der Waals surface area contributed by atoms with Crippen molar-refractivity contribution < 1.29 is 14.2 Å². The molecule has 0 aliphatic heterocycles. The van der Waals surface area contributed by atoms with Crippen LogP contribution in [0.4, 0.5) is 0 Å². The third-order valence-electron chi connectivity index (χ3n) is 5.19. The molecule has 3 aromatic rings. The number of rotatable bonds is 11. The quantitative estimate of drug-likeness (QED) is 0.405. The van der Waals surface area contributed by atoms with Gasteiger partial charge in [-0.1, -0.05) is 24.3 Å². The van der Waals surface area contributed by atoms with Crippen LogP contribution in [-0.4, -0.2) is 40.0 Å². The summed E-state index contributed by atoms with van der Waals surface area (Å²) < 4.78 is 20.5. The Kier molecular flexibility index (Phi) is 7.57. The number of benzene rings is 1. The summed E-state index contributed by atoms with van der Waals surface area (Å²) in [5.74, 6) is 1.98. The van der Waals surface area contributed by atoms with E-state index in [4.69, 9.17) is 14.2 Å². The molecule has 0 saturated carbocycles. The van der Waals surface area contributed by atoms with E-state index >= 15 is 0 Å². The molecule has 2 aromatic heterocycles. The van der Waals surface area contributed by atoms with Crippen molar-refractivity contribution in [1.29, 1.82) is 0 Å². The SMILES string of the molecule is C=CCn1c(=O)c2c(nc(/C=C/c3cc(OC)c(OC)c(OC)c3)n2CC=C)n(CC=C)c1=O. The first-order valence-electron chi connectivity index (χ1n) is 10.5. The van der Waals surface area contributed by atoms with Gasteiger partial charge < -0.3 is 18.8 Å². The summed E-state index contributed by atoms with van der Waals surface area (Å²) >= 11 is 0. The number of hydrogen-bond donors (Lipinski definition) is 0. The molecular weight excluding hydrogens is 436 g/mol. The summed E-state index contributed by atoms with van der Waals surface area (Å²) in [6.07, 6.45) is 8.32. The lowest BCUT2D eigenvalue weighted by atomic mass is 10.1. The highest BCUT2D eigenvalue weighted by Gasteiger charge is 2.20. The first-order valence-corrected chi connectivity index (χ1v) is 10.5. The van der Waals surface area contributed by atoms with Gasteiger partial charge in [-0.3, -0.25) is 13.9 Å². The fourth-order valence-electron chi connectivity index (χ4n) is 3.70. The van der Waals surface area contributed by atoms with Crippen molar-refractivity contribution in [3.63, 3.8) is 0 Å². The molecule has 3 rings (SSSR count). The van der Waals surface area contributed by atoms with Gasteiger partial charge in [-0.2, -0.15) is 0 Å². The summed E-state index contributed by atoms with van der Waals surface area (Å²) in [6.45, 7) is 11.8. The van der Waals surface area contributed by atoms with Crippen LogP contribution in [0.3, 0.4) is 0 Å². The zero-order valence-electron chi connectivity index (χ0n) is 19.6. The molecule has 9 nitrogen and oxygen atoms in total. The summed E-state index contributed by atoms with van der Waals surface area (Å²) in [7, 11) is 4.62. The summed E-state index contributed by atoms with van der Waals surface area (Å²) in [5.41, 5.74) is 0.427. The molecule has 0 amide bonds. The summed E-state index contributed by atoms with van der Waals surface area (Å²) in [5, 5.41) is 0. The number of aromatic nitrogens is 4. The third-order valence-corrected chi connectivity index (χ3v) is 5.19. The Labute approximate surface area is 197 Å². The van der Waals surface area contributed by atoms with Crippen LogP contribution in [0.5, 0.6) is 17.2 Å². The van der Waals surface area contributed by atoms with Crippen molar-refractivity contribution in [2.24, 2.45) is 0 Å². The molecule has 0 spiro atoms. The number of ether oxygens (including phenoxy) is 3. The van der Waals surface area contributed by atoms with Crippen LogP contribution in [0.25, 0.3) is 23.3 Å². The third kappa shape index (κ3) is 4.32. The van der Waals surface area contributed by atoms with Crippen LogP contribution in [-0.2, 0) is 19.6 Å². The Morgan fingerprint density at radius 2 is 1.38 bits per heavy atom. The van der Waals surface area contributed by atoms with Crippen molar-refractivity contribution in [2.45, 2.75) is 19.6 Å². The second kappa shape index (κ2) is 10.6. The minimum atomic E-state index is -0.472. The number of allylic oxidation sites excluding steroid dienone is 3. The molecule has 0 aliphatic rings. The van der Waals surface area contributed by atoms with Crippen LogP contribution >= 0.6 is 0 Å².